The second kappa shape index (κ2) is 7.56. The molecule has 1 N–H and O–H groups in total. The molecule has 2 rings (SSSR count). The van der Waals surface area contributed by atoms with Crippen LogP contribution in [-0.4, -0.2) is 72.9 Å². The summed E-state index contributed by atoms with van der Waals surface area (Å²) in [5, 5.41) is 10.8. The summed E-state index contributed by atoms with van der Waals surface area (Å²) in [6, 6.07) is 0. The fraction of sp³-hybridized carbons (Fsp3) is 0.938. The first-order chi connectivity index (χ1) is 10.0. The van der Waals surface area contributed by atoms with Gasteiger partial charge in [-0.05, 0) is 59.2 Å². The summed E-state index contributed by atoms with van der Waals surface area (Å²) in [6.45, 7) is 7.33. The lowest BCUT2D eigenvalue weighted by atomic mass is 9.78. The molecule has 0 amide bonds. The number of carbonyl (C=O) groups excluding carboxylic acids is 1. The Morgan fingerprint density at radius 3 is 2.62 bits per heavy atom. The van der Waals surface area contributed by atoms with Crippen molar-refractivity contribution in [1.82, 2.24) is 9.80 Å². The molecule has 0 aromatic rings. The minimum absolute atomic E-state index is 0.0134. The second-order valence-electron chi connectivity index (χ2n) is 6.68. The monoisotopic (exact) mass is 298 g/mol. The molecule has 0 aromatic heterocycles. The summed E-state index contributed by atoms with van der Waals surface area (Å²) in [4.78, 5) is 16.5. The van der Waals surface area contributed by atoms with Crippen LogP contribution in [0.3, 0.4) is 0 Å². The number of aliphatic hydroxyl groups is 1. The van der Waals surface area contributed by atoms with Gasteiger partial charge in [0.05, 0.1) is 18.1 Å². The van der Waals surface area contributed by atoms with E-state index in [1.807, 2.05) is 6.92 Å². The van der Waals surface area contributed by atoms with Gasteiger partial charge in [0.15, 0.2) is 0 Å². The van der Waals surface area contributed by atoms with E-state index in [2.05, 4.69) is 16.8 Å². The summed E-state index contributed by atoms with van der Waals surface area (Å²) < 4.78 is 5.09. The molecule has 0 radical (unpaired) electrons. The molecule has 122 valence electrons. The van der Waals surface area contributed by atoms with Crippen molar-refractivity contribution in [3.63, 3.8) is 0 Å². The van der Waals surface area contributed by atoms with Crippen LogP contribution >= 0.6 is 0 Å². The normalized spacial score (nSPS) is 32.6. The molecular formula is C16H30N2O3. The van der Waals surface area contributed by atoms with E-state index in [4.69, 9.17) is 4.74 Å². The number of nitrogens with zero attached hydrogens (tertiary/aromatic N) is 2. The van der Waals surface area contributed by atoms with Gasteiger partial charge >= 0.3 is 5.97 Å². The van der Waals surface area contributed by atoms with Crippen molar-refractivity contribution in [3.05, 3.63) is 0 Å². The first kappa shape index (κ1) is 16.7. The molecule has 0 bridgehead atoms. The van der Waals surface area contributed by atoms with Crippen LogP contribution < -0.4 is 0 Å². The summed E-state index contributed by atoms with van der Waals surface area (Å²) in [6.07, 6.45) is 4.09. The lowest BCUT2D eigenvalue weighted by molar-refractivity contribution is -0.151. The van der Waals surface area contributed by atoms with Gasteiger partial charge in [0.2, 0.25) is 0 Å². The molecule has 0 atom stereocenters. The van der Waals surface area contributed by atoms with Crippen molar-refractivity contribution >= 4 is 5.97 Å². The average Bonchev–Trinajstić information content (AvgIpc) is 2.64. The topological polar surface area (TPSA) is 53.0 Å². The van der Waals surface area contributed by atoms with Gasteiger partial charge in [0.1, 0.15) is 0 Å². The highest BCUT2D eigenvalue weighted by Gasteiger charge is 2.37. The third-order valence-corrected chi connectivity index (χ3v) is 4.87. The van der Waals surface area contributed by atoms with Crippen molar-refractivity contribution in [3.8, 4) is 0 Å². The highest BCUT2D eigenvalue weighted by molar-refractivity contribution is 5.72. The smallest absolute Gasteiger partial charge is 0.308 e. The number of β-amino-alcohol motifs (C(OH)–C–C–N with tert-alkyl or cyclic N) is 1. The Balaban J connectivity index is 1.80. The van der Waals surface area contributed by atoms with Crippen LogP contribution in [0.4, 0.5) is 0 Å². The lowest BCUT2D eigenvalue weighted by Crippen LogP contribution is -2.47. The Morgan fingerprint density at radius 2 is 1.95 bits per heavy atom. The quantitative estimate of drug-likeness (QED) is 0.788. The molecule has 2 aliphatic rings. The molecule has 1 saturated carbocycles. The zero-order valence-electron chi connectivity index (χ0n) is 13.5. The van der Waals surface area contributed by atoms with E-state index in [0.29, 0.717) is 19.4 Å². The van der Waals surface area contributed by atoms with E-state index in [-0.39, 0.29) is 11.9 Å². The molecule has 0 unspecified atom stereocenters. The number of ether oxygens (including phenoxy) is 1. The minimum Gasteiger partial charge on any atom is -0.466 e. The third kappa shape index (κ3) is 4.94. The summed E-state index contributed by atoms with van der Waals surface area (Å²) >= 11 is 0. The SMILES string of the molecule is CCOC(=O)C1CCC(O)(CN2CCCN(C)CC2)CC1. The number of rotatable bonds is 4. The van der Waals surface area contributed by atoms with Crippen molar-refractivity contribution in [2.45, 2.75) is 44.6 Å². The second-order valence-corrected chi connectivity index (χ2v) is 6.68. The van der Waals surface area contributed by atoms with Crippen LogP contribution in [0.15, 0.2) is 0 Å². The van der Waals surface area contributed by atoms with E-state index in [1.165, 1.54) is 0 Å². The van der Waals surface area contributed by atoms with Gasteiger partial charge in [-0.3, -0.25) is 9.69 Å². The first-order valence-electron chi connectivity index (χ1n) is 8.32. The Kier molecular flexibility index (Phi) is 6.02. The van der Waals surface area contributed by atoms with Gasteiger partial charge in [-0.1, -0.05) is 0 Å². The third-order valence-electron chi connectivity index (χ3n) is 4.87. The number of hydrogen-bond donors (Lipinski definition) is 1. The minimum atomic E-state index is -0.619. The standard InChI is InChI=1S/C16H30N2O3/c1-3-21-15(19)14-5-7-16(20,8-6-14)13-18-10-4-9-17(2)11-12-18/h14,20H,3-13H2,1-2H3. The molecule has 21 heavy (non-hydrogen) atoms. The van der Waals surface area contributed by atoms with E-state index in [9.17, 15) is 9.90 Å². The maximum absolute atomic E-state index is 11.8. The van der Waals surface area contributed by atoms with Crippen molar-refractivity contribution in [2.75, 3.05) is 46.4 Å². The van der Waals surface area contributed by atoms with Gasteiger partial charge < -0.3 is 14.7 Å². The molecule has 1 aliphatic heterocycles. The van der Waals surface area contributed by atoms with Crippen LogP contribution in [0.25, 0.3) is 0 Å². The highest BCUT2D eigenvalue weighted by Crippen LogP contribution is 2.33. The van der Waals surface area contributed by atoms with E-state index >= 15 is 0 Å². The highest BCUT2D eigenvalue weighted by atomic mass is 16.5. The van der Waals surface area contributed by atoms with Crippen LogP contribution in [-0.2, 0) is 9.53 Å². The van der Waals surface area contributed by atoms with Gasteiger partial charge in [-0.15, -0.1) is 0 Å². The van der Waals surface area contributed by atoms with Gasteiger partial charge in [0, 0.05) is 19.6 Å². The predicted molar refractivity (Wildman–Crippen MR) is 82.1 cm³/mol. The lowest BCUT2D eigenvalue weighted by Gasteiger charge is -2.38. The van der Waals surface area contributed by atoms with Crippen LogP contribution in [0.5, 0.6) is 0 Å². The van der Waals surface area contributed by atoms with E-state index < -0.39 is 5.60 Å². The van der Waals surface area contributed by atoms with E-state index in [1.54, 1.807) is 0 Å². The number of hydrogen-bond acceptors (Lipinski definition) is 5. The summed E-state index contributed by atoms with van der Waals surface area (Å²) in [7, 11) is 2.16. The van der Waals surface area contributed by atoms with Crippen molar-refractivity contribution in [1.29, 1.82) is 0 Å². The van der Waals surface area contributed by atoms with Gasteiger partial charge in [0.25, 0.3) is 0 Å². The molecule has 5 nitrogen and oxygen atoms in total. The molecule has 5 heteroatoms. The Bertz CT molecular complexity index is 340. The number of carbonyl (C=O) groups is 1. The fourth-order valence-corrected chi connectivity index (χ4v) is 3.48. The molecular weight excluding hydrogens is 268 g/mol. The molecule has 1 saturated heterocycles. The Hall–Kier alpha value is -0.650. The fourth-order valence-electron chi connectivity index (χ4n) is 3.48. The number of likely N-dealkylation sites (N-methyl/N-ethyl adjacent to an activating group) is 1. The van der Waals surface area contributed by atoms with Crippen LogP contribution in [0, 0.1) is 5.92 Å². The van der Waals surface area contributed by atoms with Crippen molar-refractivity contribution in [2.24, 2.45) is 5.92 Å². The van der Waals surface area contributed by atoms with E-state index in [0.717, 1.165) is 52.0 Å². The molecule has 1 aliphatic carbocycles. The zero-order valence-corrected chi connectivity index (χ0v) is 13.5. The van der Waals surface area contributed by atoms with Gasteiger partial charge in [-0.2, -0.15) is 0 Å². The Morgan fingerprint density at radius 1 is 1.24 bits per heavy atom. The van der Waals surface area contributed by atoms with Crippen LogP contribution in [0.1, 0.15) is 39.0 Å². The van der Waals surface area contributed by atoms with Crippen LogP contribution in [0.2, 0.25) is 0 Å². The largest absolute Gasteiger partial charge is 0.466 e. The molecule has 0 aromatic carbocycles. The van der Waals surface area contributed by atoms with Gasteiger partial charge in [-0.25, -0.2) is 0 Å². The van der Waals surface area contributed by atoms with Crippen molar-refractivity contribution < 1.29 is 14.6 Å². The zero-order chi connectivity index (χ0) is 15.3. The first-order valence-corrected chi connectivity index (χ1v) is 8.32. The summed E-state index contributed by atoms with van der Waals surface area (Å²) in [5.41, 5.74) is -0.619. The molecule has 1 heterocycles. The predicted octanol–water partition coefficient (Wildman–Crippen LogP) is 1.11. The maximum atomic E-state index is 11.8. The molecule has 0 spiro atoms. The molecule has 2 fully saturated rings. The maximum Gasteiger partial charge on any atom is 0.308 e. The summed E-state index contributed by atoms with van der Waals surface area (Å²) in [5.74, 6) is -0.101. The average molecular weight is 298 g/mol. The number of esters is 1. The Labute approximate surface area is 128 Å².